The number of nitrogens with one attached hydrogen (secondary N) is 3. The molecule has 0 saturated carbocycles. The van der Waals surface area contributed by atoms with Crippen molar-refractivity contribution in [3.63, 3.8) is 0 Å². The highest BCUT2D eigenvalue weighted by molar-refractivity contribution is 6.30. The number of hydrogen-bond acceptors (Lipinski definition) is 4. The number of carbonyl (C=O) groups excluding carboxylic acids is 2. The molecule has 144 valence electrons. The summed E-state index contributed by atoms with van der Waals surface area (Å²) in [4.78, 5) is 24.6. The highest BCUT2D eigenvalue weighted by Gasteiger charge is 2.16. The molecule has 0 aliphatic heterocycles. The molecule has 0 aliphatic carbocycles. The van der Waals surface area contributed by atoms with Crippen molar-refractivity contribution >= 4 is 34.8 Å². The molecule has 2 aromatic carbocycles. The molecular weight excluding hydrogens is 373 g/mol. The average molecular weight is 394 g/mol. The maximum absolute atomic E-state index is 14.0. The monoisotopic (exact) mass is 393 g/mol. The molecule has 0 aliphatic rings. The quantitative estimate of drug-likeness (QED) is 0.672. The van der Waals surface area contributed by atoms with E-state index in [0.29, 0.717) is 23.7 Å². The molecule has 27 heavy (non-hydrogen) atoms. The number of halogens is 2. The van der Waals surface area contributed by atoms with E-state index in [4.69, 9.17) is 16.3 Å². The second kappa shape index (κ2) is 9.34. The molecule has 0 aromatic heterocycles. The van der Waals surface area contributed by atoms with Crippen LogP contribution in [0.1, 0.15) is 17.3 Å². The minimum absolute atomic E-state index is 0.154. The van der Waals surface area contributed by atoms with E-state index in [1.807, 2.05) is 0 Å². The second-order valence-corrected chi connectivity index (χ2v) is 6.38. The fraction of sp³-hybridized carbons (Fsp3) is 0.263. The lowest BCUT2D eigenvalue weighted by atomic mass is 10.1. The van der Waals surface area contributed by atoms with E-state index in [2.05, 4.69) is 16.0 Å². The Balaban J connectivity index is 2.22. The van der Waals surface area contributed by atoms with E-state index in [0.717, 1.165) is 6.07 Å². The zero-order valence-corrected chi connectivity index (χ0v) is 16.0. The molecule has 0 bridgehead atoms. The Bertz CT molecular complexity index is 845. The van der Waals surface area contributed by atoms with Crippen molar-refractivity contribution in [1.82, 2.24) is 5.32 Å². The minimum atomic E-state index is -0.732. The first-order valence-corrected chi connectivity index (χ1v) is 8.63. The molecule has 1 unspecified atom stereocenters. The summed E-state index contributed by atoms with van der Waals surface area (Å²) in [7, 11) is 3.21. The summed E-state index contributed by atoms with van der Waals surface area (Å²) in [5, 5.41) is 8.50. The van der Waals surface area contributed by atoms with Crippen molar-refractivity contribution in [2.75, 3.05) is 31.3 Å². The van der Waals surface area contributed by atoms with Crippen LogP contribution >= 0.6 is 11.6 Å². The summed E-state index contributed by atoms with van der Waals surface area (Å²) in [5.41, 5.74) is 0.630. The Labute approximate surface area is 162 Å². The van der Waals surface area contributed by atoms with Crippen LogP contribution in [0.15, 0.2) is 36.4 Å². The molecule has 6 nitrogen and oxygen atoms in total. The smallest absolute Gasteiger partial charge is 0.258 e. The molecule has 0 fully saturated rings. The van der Waals surface area contributed by atoms with Crippen molar-refractivity contribution in [3.05, 3.63) is 52.8 Å². The van der Waals surface area contributed by atoms with Crippen LogP contribution in [0.25, 0.3) is 0 Å². The molecule has 2 aromatic rings. The van der Waals surface area contributed by atoms with Gasteiger partial charge < -0.3 is 20.7 Å². The fourth-order valence-electron chi connectivity index (χ4n) is 2.41. The first-order chi connectivity index (χ1) is 12.8. The summed E-state index contributed by atoms with van der Waals surface area (Å²) >= 11 is 5.71. The lowest BCUT2D eigenvalue weighted by Gasteiger charge is -2.15. The van der Waals surface area contributed by atoms with Crippen molar-refractivity contribution in [1.29, 1.82) is 0 Å². The van der Waals surface area contributed by atoms with Crippen molar-refractivity contribution in [2.45, 2.75) is 6.92 Å². The molecule has 3 N–H and O–H groups in total. The molecule has 0 saturated heterocycles. The van der Waals surface area contributed by atoms with Gasteiger partial charge in [-0.3, -0.25) is 9.59 Å². The van der Waals surface area contributed by atoms with Crippen LogP contribution in [0.4, 0.5) is 15.8 Å². The van der Waals surface area contributed by atoms with Gasteiger partial charge in [0.25, 0.3) is 5.91 Å². The van der Waals surface area contributed by atoms with Crippen LogP contribution in [-0.2, 0) is 4.79 Å². The van der Waals surface area contributed by atoms with E-state index in [9.17, 15) is 14.0 Å². The Hall–Kier alpha value is -2.64. The van der Waals surface area contributed by atoms with Gasteiger partial charge in [-0.2, -0.15) is 0 Å². The van der Waals surface area contributed by atoms with Crippen LogP contribution in [0, 0.1) is 11.7 Å². The Morgan fingerprint density at radius 3 is 2.56 bits per heavy atom. The van der Waals surface area contributed by atoms with Gasteiger partial charge in [0.2, 0.25) is 5.91 Å². The number of carbonyl (C=O) groups is 2. The van der Waals surface area contributed by atoms with Crippen LogP contribution < -0.4 is 20.7 Å². The minimum Gasteiger partial charge on any atom is -0.495 e. The SMILES string of the molecule is CNCC(C)C(=O)Nc1ccc(OC)c(NC(=O)c2ccc(Cl)cc2F)c1. The number of anilines is 2. The van der Waals surface area contributed by atoms with Gasteiger partial charge in [-0.25, -0.2) is 4.39 Å². The maximum atomic E-state index is 14.0. The van der Waals surface area contributed by atoms with Gasteiger partial charge in [0.1, 0.15) is 11.6 Å². The zero-order chi connectivity index (χ0) is 20.0. The molecule has 2 rings (SSSR count). The number of hydrogen-bond donors (Lipinski definition) is 3. The standard InChI is InChI=1S/C19H21ClFN3O3/c1-11(10-22-2)18(25)23-13-5-7-17(27-3)16(9-13)24-19(26)14-6-4-12(20)8-15(14)21/h4-9,11,22H,10H2,1-3H3,(H,23,25)(H,24,26). The number of amides is 2. The fourth-order valence-corrected chi connectivity index (χ4v) is 2.57. The molecule has 1 atom stereocenters. The Morgan fingerprint density at radius 1 is 1.19 bits per heavy atom. The Kier molecular flexibility index (Phi) is 7.15. The van der Waals surface area contributed by atoms with Crippen molar-refractivity contribution < 1.29 is 18.7 Å². The van der Waals surface area contributed by atoms with Crippen LogP contribution in [0.3, 0.4) is 0 Å². The van der Waals surface area contributed by atoms with Gasteiger partial charge in [-0.05, 0) is 43.4 Å². The topological polar surface area (TPSA) is 79.5 Å². The van der Waals surface area contributed by atoms with Gasteiger partial charge in [0.15, 0.2) is 0 Å². The number of methoxy groups -OCH3 is 1. The summed E-state index contributed by atoms with van der Waals surface area (Å²) in [6.07, 6.45) is 0. The van der Waals surface area contributed by atoms with Gasteiger partial charge in [-0.15, -0.1) is 0 Å². The molecule has 0 radical (unpaired) electrons. The highest BCUT2D eigenvalue weighted by atomic mass is 35.5. The first kappa shape index (κ1) is 20.7. The molecular formula is C19H21ClFN3O3. The lowest BCUT2D eigenvalue weighted by Crippen LogP contribution is -2.28. The van der Waals surface area contributed by atoms with Gasteiger partial charge in [0, 0.05) is 23.2 Å². The van der Waals surface area contributed by atoms with E-state index < -0.39 is 11.7 Å². The summed E-state index contributed by atoms with van der Waals surface area (Å²) in [6.45, 7) is 2.32. The van der Waals surface area contributed by atoms with Gasteiger partial charge in [0.05, 0.1) is 18.4 Å². The van der Waals surface area contributed by atoms with Gasteiger partial charge >= 0.3 is 0 Å². The summed E-state index contributed by atoms with van der Waals surface area (Å²) in [5.74, 6) is -1.42. The molecule has 0 spiro atoms. The van der Waals surface area contributed by atoms with Gasteiger partial charge in [-0.1, -0.05) is 18.5 Å². The average Bonchev–Trinajstić information content (AvgIpc) is 2.62. The third-order valence-electron chi connectivity index (χ3n) is 3.85. The number of rotatable bonds is 7. The van der Waals surface area contributed by atoms with E-state index in [1.165, 1.54) is 19.2 Å². The maximum Gasteiger partial charge on any atom is 0.258 e. The van der Waals surface area contributed by atoms with Crippen LogP contribution in [0.5, 0.6) is 5.75 Å². The largest absolute Gasteiger partial charge is 0.495 e. The number of ether oxygens (including phenoxy) is 1. The zero-order valence-electron chi connectivity index (χ0n) is 15.2. The first-order valence-electron chi connectivity index (χ1n) is 8.25. The predicted octanol–water partition coefficient (Wildman–Crippen LogP) is 3.53. The van der Waals surface area contributed by atoms with E-state index >= 15 is 0 Å². The summed E-state index contributed by atoms with van der Waals surface area (Å²) in [6, 6.07) is 8.59. The van der Waals surface area contributed by atoms with Crippen molar-refractivity contribution in [2.24, 2.45) is 5.92 Å². The third kappa shape index (κ3) is 5.42. The predicted molar refractivity (Wildman–Crippen MR) is 104 cm³/mol. The van der Waals surface area contributed by atoms with E-state index in [-0.39, 0.29) is 22.4 Å². The summed E-state index contributed by atoms with van der Waals surface area (Å²) < 4.78 is 19.2. The molecule has 2 amide bonds. The van der Waals surface area contributed by atoms with E-state index in [1.54, 1.807) is 32.2 Å². The lowest BCUT2D eigenvalue weighted by molar-refractivity contribution is -0.119. The van der Waals surface area contributed by atoms with Crippen LogP contribution in [-0.4, -0.2) is 32.5 Å². The molecule has 8 heteroatoms. The van der Waals surface area contributed by atoms with Crippen molar-refractivity contribution in [3.8, 4) is 5.75 Å². The highest BCUT2D eigenvalue weighted by Crippen LogP contribution is 2.29. The second-order valence-electron chi connectivity index (χ2n) is 5.94. The Morgan fingerprint density at radius 2 is 1.93 bits per heavy atom. The third-order valence-corrected chi connectivity index (χ3v) is 4.08. The normalized spacial score (nSPS) is 11.6. The molecule has 0 heterocycles. The number of benzene rings is 2. The van der Waals surface area contributed by atoms with Crippen LogP contribution in [0.2, 0.25) is 5.02 Å².